The zero-order chi connectivity index (χ0) is 19.2. The maximum atomic E-state index is 12.1. The van der Waals surface area contributed by atoms with Crippen molar-refractivity contribution in [1.29, 1.82) is 0 Å². The van der Waals surface area contributed by atoms with Crippen LogP contribution < -0.4 is 14.2 Å². The zero-order valence-electron chi connectivity index (χ0n) is 15.3. The Kier molecular flexibility index (Phi) is 5.56. The molecule has 1 aliphatic heterocycles. The van der Waals surface area contributed by atoms with Crippen molar-refractivity contribution in [2.24, 2.45) is 4.99 Å². The van der Waals surface area contributed by atoms with Gasteiger partial charge in [0.05, 0.1) is 21.3 Å². The van der Waals surface area contributed by atoms with Crippen LogP contribution in [0.25, 0.3) is 12.2 Å². The Balaban J connectivity index is 1.88. The van der Waals surface area contributed by atoms with E-state index >= 15 is 0 Å². The quantitative estimate of drug-likeness (QED) is 0.577. The second-order valence-electron chi connectivity index (χ2n) is 5.55. The highest BCUT2D eigenvalue weighted by Crippen LogP contribution is 2.28. The maximum Gasteiger partial charge on any atom is 0.363 e. The van der Waals surface area contributed by atoms with Crippen molar-refractivity contribution in [2.45, 2.75) is 0 Å². The smallest absolute Gasteiger partial charge is 0.363 e. The van der Waals surface area contributed by atoms with Crippen LogP contribution in [0, 0.1) is 0 Å². The first kappa shape index (κ1) is 18.3. The van der Waals surface area contributed by atoms with Crippen LogP contribution in [0.4, 0.5) is 0 Å². The summed E-state index contributed by atoms with van der Waals surface area (Å²) in [5.41, 5.74) is 1.70. The lowest BCUT2D eigenvalue weighted by Gasteiger charge is -2.07. The standard InChI is InChI=1S/C21H19NO5/c1-24-16-9-10-19(26-3)15(12-16)13-17-21(23)27-20(22-17)11-8-14-6-4-5-7-18(14)25-2/h4-13H,1-3H3/b11-8+,17-13-. The summed E-state index contributed by atoms with van der Waals surface area (Å²) in [6.07, 6.45) is 5.01. The molecule has 2 aromatic carbocycles. The Morgan fingerprint density at radius 2 is 1.63 bits per heavy atom. The summed E-state index contributed by atoms with van der Waals surface area (Å²) in [5.74, 6) is 1.65. The Hall–Kier alpha value is -3.54. The van der Waals surface area contributed by atoms with Gasteiger partial charge in [-0.15, -0.1) is 0 Å². The van der Waals surface area contributed by atoms with Gasteiger partial charge in [0.2, 0.25) is 5.90 Å². The van der Waals surface area contributed by atoms with E-state index in [9.17, 15) is 4.79 Å². The van der Waals surface area contributed by atoms with E-state index < -0.39 is 5.97 Å². The summed E-state index contributed by atoms with van der Waals surface area (Å²) >= 11 is 0. The number of para-hydroxylation sites is 1. The number of aliphatic imine (C=N–C) groups is 1. The number of ether oxygens (including phenoxy) is 4. The molecule has 0 fully saturated rings. The maximum absolute atomic E-state index is 12.1. The lowest BCUT2D eigenvalue weighted by molar-refractivity contribution is -0.129. The number of methoxy groups -OCH3 is 3. The molecular weight excluding hydrogens is 346 g/mol. The molecule has 2 aromatic rings. The van der Waals surface area contributed by atoms with Crippen LogP contribution in [0.15, 0.2) is 59.2 Å². The molecule has 0 saturated heterocycles. The first-order valence-electron chi connectivity index (χ1n) is 8.20. The van der Waals surface area contributed by atoms with Gasteiger partial charge >= 0.3 is 5.97 Å². The van der Waals surface area contributed by atoms with Crippen LogP contribution in [0.1, 0.15) is 11.1 Å². The average Bonchev–Trinajstić information content (AvgIpc) is 3.05. The summed E-state index contributed by atoms with van der Waals surface area (Å²) in [6.45, 7) is 0. The van der Waals surface area contributed by atoms with E-state index in [2.05, 4.69) is 4.99 Å². The highest BCUT2D eigenvalue weighted by Gasteiger charge is 2.22. The molecule has 27 heavy (non-hydrogen) atoms. The molecule has 0 saturated carbocycles. The Labute approximate surface area is 157 Å². The van der Waals surface area contributed by atoms with Gasteiger partial charge in [0.25, 0.3) is 0 Å². The summed E-state index contributed by atoms with van der Waals surface area (Å²) in [6, 6.07) is 12.8. The molecule has 0 N–H and O–H groups in total. The minimum atomic E-state index is -0.528. The largest absolute Gasteiger partial charge is 0.497 e. The van der Waals surface area contributed by atoms with E-state index in [-0.39, 0.29) is 11.6 Å². The number of esters is 1. The molecule has 0 unspecified atom stereocenters. The van der Waals surface area contributed by atoms with Gasteiger partial charge in [-0.1, -0.05) is 18.2 Å². The van der Waals surface area contributed by atoms with Crippen molar-refractivity contribution in [1.82, 2.24) is 0 Å². The normalized spacial score (nSPS) is 15.0. The molecule has 0 bridgehead atoms. The van der Waals surface area contributed by atoms with Crippen LogP contribution in [0.2, 0.25) is 0 Å². The first-order valence-corrected chi connectivity index (χ1v) is 8.20. The molecule has 0 radical (unpaired) electrons. The van der Waals surface area contributed by atoms with E-state index in [1.807, 2.05) is 24.3 Å². The van der Waals surface area contributed by atoms with E-state index in [1.54, 1.807) is 57.8 Å². The van der Waals surface area contributed by atoms with Gasteiger partial charge in [0, 0.05) is 17.2 Å². The topological polar surface area (TPSA) is 66.3 Å². The van der Waals surface area contributed by atoms with Crippen LogP contribution >= 0.6 is 0 Å². The molecule has 0 atom stereocenters. The van der Waals surface area contributed by atoms with E-state index in [0.717, 1.165) is 11.3 Å². The number of rotatable bonds is 6. The third-order valence-corrected chi connectivity index (χ3v) is 3.91. The fraction of sp³-hybridized carbons (Fsp3) is 0.143. The fourth-order valence-corrected chi connectivity index (χ4v) is 2.56. The van der Waals surface area contributed by atoms with Crippen molar-refractivity contribution in [3.8, 4) is 17.2 Å². The second-order valence-corrected chi connectivity index (χ2v) is 5.55. The van der Waals surface area contributed by atoms with Gasteiger partial charge in [-0.05, 0) is 36.4 Å². The van der Waals surface area contributed by atoms with Gasteiger partial charge in [-0.3, -0.25) is 0 Å². The van der Waals surface area contributed by atoms with Crippen LogP contribution in [-0.4, -0.2) is 33.2 Å². The molecule has 0 spiro atoms. The summed E-state index contributed by atoms with van der Waals surface area (Å²) in [7, 11) is 4.73. The van der Waals surface area contributed by atoms with Gasteiger partial charge in [0.1, 0.15) is 17.2 Å². The van der Waals surface area contributed by atoms with E-state index in [0.29, 0.717) is 17.1 Å². The summed E-state index contributed by atoms with van der Waals surface area (Å²) in [5, 5.41) is 0. The average molecular weight is 365 g/mol. The highest BCUT2D eigenvalue weighted by molar-refractivity contribution is 6.11. The van der Waals surface area contributed by atoms with Crippen molar-refractivity contribution in [3.63, 3.8) is 0 Å². The number of cyclic esters (lactones) is 1. The first-order chi connectivity index (χ1) is 13.1. The zero-order valence-corrected chi connectivity index (χ0v) is 15.3. The molecule has 1 aliphatic rings. The summed E-state index contributed by atoms with van der Waals surface area (Å²) in [4.78, 5) is 16.4. The molecule has 138 valence electrons. The molecule has 3 rings (SSSR count). The molecule has 6 nitrogen and oxygen atoms in total. The molecule has 0 amide bonds. The number of hydrogen-bond donors (Lipinski definition) is 0. The number of benzene rings is 2. The molecule has 0 aliphatic carbocycles. The van der Waals surface area contributed by atoms with E-state index in [1.165, 1.54) is 0 Å². The van der Waals surface area contributed by atoms with Crippen molar-refractivity contribution in [3.05, 3.63) is 65.4 Å². The lowest BCUT2D eigenvalue weighted by atomic mass is 10.1. The Bertz CT molecular complexity index is 943. The van der Waals surface area contributed by atoms with Crippen LogP contribution in [0.5, 0.6) is 17.2 Å². The van der Waals surface area contributed by atoms with Gasteiger partial charge in [-0.25, -0.2) is 9.79 Å². The SMILES string of the molecule is COc1ccc(OC)c(/C=C2N=C(/C=C/c3ccccc3OC)OC\2=O)c1. The molecule has 0 aromatic heterocycles. The van der Waals surface area contributed by atoms with Gasteiger partial charge in [0.15, 0.2) is 5.70 Å². The third kappa shape index (κ3) is 4.17. The predicted molar refractivity (Wildman–Crippen MR) is 103 cm³/mol. The molecular formula is C21H19NO5. The minimum absolute atomic E-state index is 0.182. The van der Waals surface area contributed by atoms with Gasteiger partial charge < -0.3 is 18.9 Å². The number of carbonyl (C=O) groups is 1. The molecule has 6 heteroatoms. The van der Waals surface area contributed by atoms with E-state index in [4.69, 9.17) is 18.9 Å². The third-order valence-electron chi connectivity index (χ3n) is 3.91. The number of carbonyl (C=O) groups excluding carboxylic acids is 1. The minimum Gasteiger partial charge on any atom is -0.497 e. The fourth-order valence-electron chi connectivity index (χ4n) is 2.56. The Morgan fingerprint density at radius 1 is 0.889 bits per heavy atom. The number of nitrogens with zero attached hydrogens (tertiary/aromatic N) is 1. The second kappa shape index (κ2) is 8.23. The Morgan fingerprint density at radius 3 is 2.37 bits per heavy atom. The van der Waals surface area contributed by atoms with Crippen LogP contribution in [-0.2, 0) is 9.53 Å². The van der Waals surface area contributed by atoms with Crippen molar-refractivity contribution >= 4 is 24.0 Å². The summed E-state index contributed by atoms with van der Waals surface area (Å²) < 4.78 is 21.0. The predicted octanol–water partition coefficient (Wildman–Crippen LogP) is 3.72. The van der Waals surface area contributed by atoms with Gasteiger partial charge in [-0.2, -0.15) is 0 Å². The monoisotopic (exact) mass is 365 g/mol. The van der Waals surface area contributed by atoms with Crippen molar-refractivity contribution < 1.29 is 23.7 Å². The lowest BCUT2D eigenvalue weighted by Crippen LogP contribution is -2.01. The van der Waals surface area contributed by atoms with Crippen LogP contribution in [0.3, 0.4) is 0 Å². The van der Waals surface area contributed by atoms with Crippen molar-refractivity contribution in [2.75, 3.05) is 21.3 Å². The highest BCUT2D eigenvalue weighted by atomic mass is 16.6. The number of hydrogen-bond acceptors (Lipinski definition) is 6. The molecule has 1 heterocycles.